The van der Waals surface area contributed by atoms with E-state index in [1.807, 2.05) is 30.3 Å². The van der Waals surface area contributed by atoms with Crippen molar-refractivity contribution in [2.45, 2.75) is 17.9 Å². The van der Waals surface area contributed by atoms with E-state index in [4.69, 9.17) is 25.8 Å². The van der Waals surface area contributed by atoms with Gasteiger partial charge in [0.05, 0.1) is 7.11 Å². The quantitative estimate of drug-likeness (QED) is 0.344. The fourth-order valence-corrected chi connectivity index (χ4v) is 4.20. The van der Waals surface area contributed by atoms with Crippen molar-refractivity contribution >= 4 is 29.2 Å². The Balaban J connectivity index is 1.56. The maximum absolute atomic E-state index is 13.4. The Hall–Kier alpha value is -3.35. The second-order valence-electron chi connectivity index (χ2n) is 7.33. The van der Waals surface area contributed by atoms with Crippen LogP contribution in [0.25, 0.3) is 0 Å². The summed E-state index contributed by atoms with van der Waals surface area (Å²) < 4.78 is 16.9. The number of carbonyl (C=O) groups is 2. The molecule has 0 unspecified atom stereocenters. The van der Waals surface area contributed by atoms with Crippen molar-refractivity contribution in [3.63, 3.8) is 0 Å². The van der Waals surface area contributed by atoms with Gasteiger partial charge in [-0.15, -0.1) is 0 Å². The molecule has 3 atom stereocenters. The maximum atomic E-state index is 13.4. The van der Waals surface area contributed by atoms with Crippen molar-refractivity contribution < 1.29 is 23.8 Å². The van der Waals surface area contributed by atoms with E-state index in [9.17, 15) is 9.59 Å². The van der Waals surface area contributed by atoms with Gasteiger partial charge in [0.15, 0.2) is 0 Å². The third-order valence-electron chi connectivity index (χ3n) is 5.58. The zero-order valence-electron chi connectivity index (χ0n) is 16.5. The molecule has 7 heteroatoms. The Bertz CT molecular complexity index is 1150. The van der Waals surface area contributed by atoms with Gasteiger partial charge in [0, 0.05) is 16.3 Å². The van der Waals surface area contributed by atoms with Gasteiger partial charge in [0.25, 0.3) is 11.5 Å². The Morgan fingerprint density at radius 1 is 0.935 bits per heavy atom. The monoisotopic (exact) mass is 435 g/mol. The highest BCUT2D eigenvalue weighted by atomic mass is 35.5. The minimum atomic E-state index is -1.77. The van der Waals surface area contributed by atoms with Crippen LogP contribution in [0.1, 0.15) is 23.5 Å². The van der Waals surface area contributed by atoms with E-state index in [1.54, 1.807) is 60.5 Å². The highest BCUT2D eigenvalue weighted by Crippen LogP contribution is 2.54. The van der Waals surface area contributed by atoms with Gasteiger partial charge in [0.2, 0.25) is 6.29 Å². The number of ether oxygens (including phenoxy) is 3. The summed E-state index contributed by atoms with van der Waals surface area (Å²) in [6, 6.07) is 22.5. The van der Waals surface area contributed by atoms with Crippen LogP contribution in [-0.2, 0) is 19.1 Å². The highest BCUT2D eigenvalue weighted by molar-refractivity contribution is 6.30. The average Bonchev–Trinajstić information content (AvgIpc) is 3.18. The minimum absolute atomic E-state index is 0.464. The van der Waals surface area contributed by atoms with Crippen LogP contribution >= 0.6 is 11.6 Å². The molecule has 31 heavy (non-hydrogen) atoms. The molecular formula is C24H18ClNO5. The minimum Gasteiger partial charge on any atom is -0.497 e. The average molecular weight is 436 g/mol. The van der Waals surface area contributed by atoms with E-state index in [-0.39, 0.29) is 0 Å². The van der Waals surface area contributed by atoms with Gasteiger partial charge in [-0.2, -0.15) is 0 Å². The van der Waals surface area contributed by atoms with Crippen molar-refractivity contribution in [2.75, 3.05) is 12.0 Å². The summed E-state index contributed by atoms with van der Waals surface area (Å²) in [4.78, 5) is 28.1. The Morgan fingerprint density at radius 3 is 2.39 bits per heavy atom. The van der Waals surface area contributed by atoms with Gasteiger partial charge in [-0.05, 0) is 42.0 Å². The van der Waals surface area contributed by atoms with Crippen LogP contribution in [0.2, 0.25) is 5.02 Å². The molecule has 3 aromatic carbocycles. The molecule has 0 saturated carbocycles. The number of methoxy groups -OCH3 is 1. The predicted molar refractivity (Wildman–Crippen MR) is 114 cm³/mol. The van der Waals surface area contributed by atoms with Crippen LogP contribution in [-0.4, -0.2) is 24.6 Å². The highest BCUT2D eigenvalue weighted by Gasteiger charge is 2.73. The van der Waals surface area contributed by atoms with Gasteiger partial charge in [-0.25, -0.2) is 4.79 Å². The Kier molecular flexibility index (Phi) is 4.68. The van der Waals surface area contributed by atoms with Gasteiger partial charge in [0.1, 0.15) is 11.8 Å². The topological polar surface area (TPSA) is 65.1 Å². The third kappa shape index (κ3) is 2.99. The molecule has 2 fully saturated rings. The van der Waals surface area contributed by atoms with E-state index in [2.05, 4.69) is 0 Å². The lowest BCUT2D eigenvalue weighted by atomic mass is 9.77. The van der Waals surface area contributed by atoms with Crippen LogP contribution in [0.3, 0.4) is 0 Å². The summed E-state index contributed by atoms with van der Waals surface area (Å²) in [5.74, 6) is -0.579. The SMILES string of the molecule is COc1cccc([C@H]2OC(=O)[C@@]3(O2)C(=O)N(c2ccccc2)[C@H]3c2ccc(Cl)cc2)c1. The number of β-lactam (4-membered cyclic amide) rings is 1. The van der Waals surface area contributed by atoms with E-state index in [1.165, 1.54) is 0 Å². The number of para-hydroxylation sites is 1. The summed E-state index contributed by atoms with van der Waals surface area (Å²) >= 11 is 6.06. The van der Waals surface area contributed by atoms with E-state index >= 15 is 0 Å². The lowest BCUT2D eigenvalue weighted by Gasteiger charge is -2.50. The summed E-state index contributed by atoms with van der Waals surface area (Å²) in [5, 5.41) is 0.555. The number of esters is 1. The number of nitrogens with zero attached hydrogens (tertiary/aromatic N) is 1. The standard InChI is InChI=1S/C24H18ClNO5/c1-29-19-9-5-6-16(14-19)21-30-23(28)24(31-21)20(15-10-12-17(25)13-11-15)26(22(24)27)18-7-3-2-4-8-18/h2-14,20-21H,1H3/t20-,21-,24-/m0/s1. The molecule has 0 aromatic heterocycles. The first kappa shape index (κ1) is 19.6. The Morgan fingerprint density at radius 2 is 1.68 bits per heavy atom. The molecule has 3 aromatic rings. The van der Waals surface area contributed by atoms with Crippen LogP contribution in [0.5, 0.6) is 5.75 Å². The first-order valence-corrected chi connectivity index (χ1v) is 10.1. The predicted octanol–water partition coefficient (Wildman–Crippen LogP) is 4.45. The molecule has 5 rings (SSSR count). The van der Waals surface area contributed by atoms with Gasteiger partial charge < -0.3 is 14.2 Å². The third-order valence-corrected chi connectivity index (χ3v) is 5.83. The lowest BCUT2D eigenvalue weighted by Crippen LogP contribution is -2.71. The van der Waals surface area contributed by atoms with Crippen LogP contribution in [0.4, 0.5) is 5.69 Å². The molecule has 0 radical (unpaired) electrons. The fraction of sp³-hybridized carbons (Fsp3) is 0.167. The number of rotatable bonds is 4. The van der Waals surface area contributed by atoms with Gasteiger partial charge in [-0.3, -0.25) is 9.69 Å². The summed E-state index contributed by atoms with van der Waals surface area (Å²) in [6.45, 7) is 0. The molecule has 2 aliphatic rings. The van der Waals surface area contributed by atoms with E-state index in [0.717, 1.165) is 5.56 Å². The zero-order valence-corrected chi connectivity index (χ0v) is 17.3. The molecule has 6 nitrogen and oxygen atoms in total. The fourth-order valence-electron chi connectivity index (χ4n) is 4.08. The smallest absolute Gasteiger partial charge is 0.353 e. The molecule has 2 saturated heterocycles. The van der Waals surface area contributed by atoms with E-state index < -0.39 is 29.8 Å². The number of anilines is 1. The Labute approximate surface area is 183 Å². The van der Waals surface area contributed by atoms with Gasteiger partial charge in [-0.1, -0.05) is 54.1 Å². The largest absolute Gasteiger partial charge is 0.497 e. The molecule has 0 N–H and O–H groups in total. The normalized spacial score (nSPS) is 24.8. The van der Waals surface area contributed by atoms with Crippen molar-refractivity contribution in [1.82, 2.24) is 0 Å². The first-order chi connectivity index (χ1) is 15.0. The second-order valence-corrected chi connectivity index (χ2v) is 7.77. The number of hydrogen-bond donors (Lipinski definition) is 0. The number of cyclic esters (lactones) is 1. The van der Waals surface area contributed by atoms with Crippen molar-refractivity contribution in [1.29, 1.82) is 0 Å². The summed E-state index contributed by atoms with van der Waals surface area (Å²) in [6.07, 6.45) is -1.01. The number of benzene rings is 3. The summed E-state index contributed by atoms with van der Waals surface area (Å²) in [5.41, 5.74) is 0.207. The molecule has 156 valence electrons. The molecule has 1 spiro atoms. The molecule has 1 amide bonds. The molecule has 2 heterocycles. The number of amides is 1. The molecule has 0 bridgehead atoms. The number of hydrogen-bond acceptors (Lipinski definition) is 5. The zero-order chi connectivity index (χ0) is 21.6. The maximum Gasteiger partial charge on any atom is 0.353 e. The van der Waals surface area contributed by atoms with Gasteiger partial charge >= 0.3 is 5.97 Å². The van der Waals surface area contributed by atoms with Crippen molar-refractivity contribution in [3.8, 4) is 5.75 Å². The first-order valence-electron chi connectivity index (χ1n) is 9.71. The number of halogens is 1. The molecule has 0 aliphatic carbocycles. The summed E-state index contributed by atoms with van der Waals surface area (Å²) in [7, 11) is 1.55. The van der Waals surface area contributed by atoms with Crippen LogP contribution < -0.4 is 9.64 Å². The molecule has 2 aliphatic heterocycles. The number of carbonyl (C=O) groups excluding carboxylic acids is 2. The molecular weight excluding hydrogens is 418 g/mol. The van der Waals surface area contributed by atoms with E-state index in [0.29, 0.717) is 22.0 Å². The second kappa shape index (κ2) is 7.41. The van der Waals surface area contributed by atoms with Crippen molar-refractivity contribution in [3.05, 3.63) is 95.0 Å². The lowest BCUT2D eigenvalue weighted by molar-refractivity contribution is -0.168. The van der Waals surface area contributed by atoms with Crippen molar-refractivity contribution in [2.24, 2.45) is 0 Å². The van der Waals surface area contributed by atoms with Crippen LogP contribution in [0.15, 0.2) is 78.9 Å². The van der Waals surface area contributed by atoms with Crippen LogP contribution in [0, 0.1) is 0 Å².